The number of likely N-dealkylation sites (tertiary alicyclic amines) is 1. The highest BCUT2D eigenvalue weighted by Gasteiger charge is 2.25. The largest absolute Gasteiger partial charge is 0.460 e. The van der Waals surface area contributed by atoms with Crippen molar-refractivity contribution in [3.8, 4) is 0 Å². The van der Waals surface area contributed by atoms with Gasteiger partial charge < -0.3 is 9.64 Å². The Morgan fingerprint density at radius 2 is 2.19 bits per heavy atom. The Kier molecular flexibility index (Phi) is 4.88. The van der Waals surface area contributed by atoms with E-state index in [1.807, 2.05) is 13.8 Å². The molecule has 1 fully saturated rings. The van der Waals surface area contributed by atoms with Crippen LogP contribution in [0.4, 0.5) is 0 Å². The Balaban J connectivity index is 1.98. The third-order valence-corrected chi connectivity index (χ3v) is 3.95. The van der Waals surface area contributed by atoms with Crippen LogP contribution in [0.1, 0.15) is 48.7 Å². The number of aromatic nitrogens is 2. The molecule has 2 rings (SSSR count). The fourth-order valence-electron chi connectivity index (χ4n) is 2.38. The molecule has 1 saturated heterocycles. The van der Waals surface area contributed by atoms with E-state index in [1.165, 1.54) is 4.68 Å². The molecule has 0 radical (unpaired) electrons. The van der Waals surface area contributed by atoms with Crippen LogP contribution < -0.4 is 0 Å². The number of amides is 1. The van der Waals surface area contributed by atoms with Crippen molar-refractivity contribution in [1.82, 2.24) is 14.7 Å². The third-order valence-electron chi connectivity index (χ3n) is 3.52. The summed E-state index contributed by atoms with van der Waals surface area (Å²) < 4.78 is 6.72. The van der Waals surface area contributed by atoms with Crippen molar-refractivity contribution in [3.05, 3.63) is 16.4 Å². The molecule has 116 valence electrons. The van der Waals surface area contributed by atoms with Gasteiger partial charge in [-0.2, -0.15) is 5.10 Å². The molecule has 1 aromatic heterocycles. The van der Waals surface area contributed by atoms with Gasteiger partial charge in [0, 0.05) is 20.0 Å². The molecule has 1 aliphatic heterocycles. The van der Waals surface area contributed by atoms with Crippen molar-refractivity contribution < 1.29 is 14.3 Å². The highest BCUT2D eigenvalue weighted by Crippen LogP contribution is 2.25. The summed E-state index contributed by atoms with van der Waals surface area (Å²) in [6, 6.07) is 0. The number of carbonyl (C=O) groups is 2. The van der Waals surface area contributed by atoms with Crippen molar-refractivity contribution in [2.45, 2.75) is 32.6 Å². The zero-order chi connectivity index (χ0) is 15.6. The Morgan fingerprint density at radius 1 is 1.48 bits per heavy atom. The first-order chi connectivity index (χ1) is 9.91. The van der Waals surface area contributed by atoms with Crippen molar-refractivity contribution in [1.29, 1.82) is 0 Å². The first-order valence-corrected chi connectivity index (χ1v) is 7.47. The number of carbonyl (C=O) groups excluding carboxylic acids is 2. The molecule has 0 spiro atoms. The number of rotatable bonds is 5. The molecule has 1 amide bonds. The van der Waals surface area contributed by atoms with Crippen LogP contribution in [0.2, 0.25) is 5.15 Å². The van der Waals surface area contributed by atoms with Gasteiger partial charge >= 0.3 is 5.97 Å². The standard InChI is InChI=1S/C14H20ClN3O3/c1-9(2)12-11(13(15)17(3)16-12)14(20)21-8-7-18-6-4-5-10(18)19/h9H,4-8H2,1-3H3. The highest BCUT2D eigenvalue weighted by atomic mass is 35.5. The van der Waals surface area contributed by atoms with Crippen LogP contribution in [-0.2, 0) is 16.6 Å². The number of halogens is 1. The second-order valence-electron chi connectivity index (χ2n) is 5.45. The molecule has 0 aromatic carbocycles. The average Bonchev–Trinajstić information content (AvgIpc) is 2.95. The van der Waals surface area contributed by atoms with E-state index in [0.717, 1.165) is 13.0 Å². The minimum absolute atomic E-state index is 0.0754. The molecule has 0 bridgehead atoms. The quantitative estimate of drug-likeness (QED) is 0.780. The van der Waals surface area contributed by atoms with Gasteiger partial charge in [0.1, 0.15) is 17.3 Å². The second-order valence-corrected chi connectivity index (χ2v) is 5.81. The summed E-state index contributed by atoms with van der Waals surface area (Å²) in [4.78, 5) is 25.4. The molecular weight excluding hydrogens is 294 g/mol. The fraction of sp³-hybridized carbons (Fsp3) is 0.643. The average molecular weight is 314 g/mol. The lowest BCUT2D eigenvalue weighted by Crippen LogP contribution is -2.29. The van der Waals surface area contributed by atoms with E-state index in [-0.39, 0.29) is 23.6 Å². The monoisotopic (exact) mass is 313 g/mol. The Morgan fingerprint density at radius 3 is 2.76 bits per heavy atom. The molecule has 0 unspecified atom stereocenters. The summed E-state index contributed by atoms with van der Waals surface area (Å²) in [7, 11) is 1.69. The van der Waals surface area contributed by atoms with Crippen LogP contribution in [0.5, 0.6) is 0 Å². The van der Waals surface area contributed by atoms with Gasteiger partial charge in [-0.25, -0.2) is 4.79 Å². The summed E-state index contributed by atoms with van der Waals surface area (Å²) in [5, 5.41) is 4.53. The van der Waals surface area contributed by atoms with Crippen molar-refractivity contribution >= 4 is 23.5 Å². The van der Waals surface area contributed by atoms with Gasteiger partial charge in [-0.15, -0.1) is 0 Å². The molecule has 21 heavy (non-hydrogen) atoms. The molecule has 2 heterocycles. The lowest BCUT2D eigenvalue weighted by molar-refractivity contribution is -0.128. The van der Waals surface area contributed by atoms with Crippen molar-refractivity contribution in [2.75, 3.05) is 19.7 Å². The van der Waals surface area contributed by atoms with Gasteiger partial charge in [-0.1, -0.05) is 25.4 Å². The van der Waals surface area contributed by atoms with E-state index in [1.54, 1.807) is 11.9 Å². The van der Waals surface area contributed by atoms with E-state index in [4.69, 9.17) is 16.3 Å². The smallest absolute Gasteiger partial charge is 0.343 e. The molecule has 6 nitrogen and oxygen atoms in total. The van der Waals surface area contributed by atoms with Crippen LogP contribution in [0.25, 0.3) is 0 Å². The van der Waals surface area contributed by atoms with Gasteiger partial charge in [-0.3, -0.25) is 9.48 Å². The second kappa shape index (κ2) is 6.47. The maximum absolute atomic E-state index is 12.2. The SMILES string of the molecule is CC(C)c1nn(C)c(Cl)c1C(=O)OCCN1CCCC1=O. The topological polar surface area (TPSA) is 64.4 Å². The maximum atomic E-state index is 12.2. The summed E-state index contributed by atoms with van der Waals surface area (Å²) in [5.74, 6) is -0.289. The predicted octanol–water partition coefficient (Wildman–Crippen LogP) is 1.98. The first kappa shape index (κ1) is 15.8. The van der Waals surface area contributed by atoms with Crippen LogP contribution >= 0.6 is 11.6 Å². The number of ether oxygens (including phenoxy) is 1. The molecule has 0 atom stereocenters. The highest BCUT2D eigenvalue weighted by molar-refractivity contribution is 6.32. The molecule has 0 aliphatic carbocycles. The summed E-state index contributed by atoms with van der Waals surface area (Å²) in [6.07, 6.45) is 1.46. The molecule has 0 saturated carbocycles. The Bertz CT molecular complexity index is 554. The molecule has 1 aromatic rings. The van der Waals surface area contributed by atoms with E-state index in [2.05, 4.69) is 5.10 Å². The zero-order valence-electron chi connectivity index (χ0n) is 12.6. The van der Waals surface area contributed by atoms with Crippen LogP contribution in [0, 0.1) is 0 Å². The zero-order valence-corrected chi connectivity index (χ0v) is 13.3. The first-order valence-electron chi connectivity index (χ1n) is 7.09. The van der Waals surface area contributed by atoms with E-state index < -0.39 is 5.97 Å². The molecule has 1 aliphatic rings. The summed E-state index contributed by atoms with van der Waals surface area (Å²) in [6.45, 7) is 5.23. The van der Waals surface area contributed by atoms with Crippen molar-refractivity contribution in [2.24, 2.45) is 7.05 Å². The minimum Gasteiger partial charge on any atom is -0.460 e. The van der Waals surface area contributed by atoms with E-state index in [0.29, 0.717) is 24.2 Å². The minimum atomic E-state index is -0.483. The lowest BCUT2D eigenvalue weighted by atomic mass is 10.1. The fourth-order valence-corrected chi connectivity index (χ4v) is 2.59. The lowest BCUT2D eigenvalue weighted by Gasteiger charge is -2.15. The van der Waals surface area contributed by atoms with Gasteiger partial charge in [0.15, 0.2) is 0 Å². The summed E-state index contributed by atoms with van der Waals surface area (Å²) in [5.41, 5.74) is 0.951. The van der Waals surface area contributed by atoms with Gasteiger partial charge in [0.2, 0.25) is 5.91 Å². The normalized spacial score (nSPS) is 15.1. The number of esters is 1. The Labute approximate surface area is 129 Å². The maximum Gasteiger partial charge on any atom is 0.343 e. The van der Waals surface area contributed by atoms with Crippen molar-refractivity contribution in [3.63, 3.8) is 0 Å². The van der Waals surface area contributed by atoms with Crippen LogP contribution in [0.3, 0.4) is 0 Å². The van der Waals surface area contributed by atoms with Gasteiger partial charge in [0.05, 0.1) is 12.2 Å². The van der Waals surface area contributed by atoms with Gasteiger partial charge in [0.25, 0.3) is 0 Å². The predicted molar refractivity (Wildman–Crippen MR) is 78.4 cm³/mol. The molecule has 0 N–H and O–H groups in total. The summed E-state index contributed by atoms with van der Waals surface area (Å²) >= 11 is 6.12. The van der Waals surface area contributed by atoms with Gasteiger partial charge in [-0.05, 0) is 12.3 Å². The Hall–Kier alpha value is -1.56. The number of aryl methyl sites for hydroxylation is 1. The van der Waals surface area contributed by atoms with E-state index in [9.17, 15) is 9.59 Å². The number of hydrogen-bond donors (Lipinski definition) is 0. The van der Waals surface area contributed by atoms with Crippen LogP contribution in [-0.4, -0.2) is 46.3 Å². The molecular formula is C14H20ClN3O3. The number of nitrogens with zero attached hydrogens (tertiary/aromatic N) is 3. The van der Waals surface area contributed by atoms with Crippen LogP contribution in [0.15, 0.2) is 0 Å². The van der Waals surface area contributed by atoms with E-state index >= 15 is 0 Å². The number of hydrogen-bond acceptors (Lipinski definition) is 4. The molecule has 7 heteroatoms. The third kappa shape index (κ3) is 3.37.